The zero-order chi connectivity index (χ0) is 18.7. The highest BCUT2D eigenvalue weighted by atomic mass is 32.1. The number of pyridine rings is 1. The number of thiazole rings is 1. The molecule has 1 unspecified atom stereocenters. The van der Waals surface area contributed by atoms with E-state index in [2.05, 4.69) is 40.3 Å². The number of benzene rings is 2. The molecule has 0 saturated carbocycles. The maximum absolute atomic E-state index is 11.1. The molecule has 5 heteroatoms. The van der Waals surface area contributed by atoms with Gasteiger partial charge in [-0.15, -0.1) is 11.3 Å². The maximum Gasteiger partial charge on any atom is 0.213 e. The molecule has 0 saturated heterocycles. The van der Waals surface area contributed by atoms with E-state index in [1.165, 1.54) is 22.1 Å². The first kappa shape index (κ1) is 17.6. The number of rotatable bonds is 6. The summed E-state index contributed by atoms with van der Waals surface area (Å²) in [6.45, 7) is 2.34. The predicted molar refractivity (Wildman–Crippen MR) is 108 cm³/mol. The lowest BCUT2D eigenvalue weighted by Crippen LogP contribution is -2.27. The molecule has 0 radical (unpaired) electrons. The second-order valence-corrected chi connectivity index (χ2v) is 7.28. The Kier molecular flexibility index (Phi) is 4.88. The van der Waals surface area contributed by atoms with E-state index in [1.54, 1.807) is 6.20 Å². The highest BCUT2D eigenvalue weighted by molar-refractivity contribution is 7.09. The smallest absolute Gasteiger partial charge is 0.213 e. The maximum atomic E-state index is 11.1. The van der Waals surface area contributed by atoms with Crippen LogP contribution in [-0.4, -0.2) is 15.1 Å². The minimum Gasteiger partial charge on any atom is -0.473 e. The molecule has 27 heavy (non-hydrogen) atoms. The van der Waals surface area contributed by atoms with E-state index in [0.29, 0.717) is 29.6 Å². The zero-order valence-corrected chi connectivity index (χ0v) is 15.8. The Morgan fingerprint density at radius 2 is 1.89 bits per heavy atom. The lowest BCUT2D eigenvalue weighted by Gasteiger charge is -2.24. The topological polar surface area (TPSA) is 55.2 Å². The largest absolute Gasteiger partial charge is 0.473 e. The van der Waals surface area contributed by atoms with Gasteiger partial charge < -0.3 is 9.84 Å². The molecule has 4 aromatic rings. The van der Waals surface area contributed by atoms with Crippen molar-refractivity contribution in [3.8, 4) is 5.88 Å². The second-order valence-electron chi connectivity index (χ2n) is 6.38. The normalized spacial score (nSPS) is 13.4. The first-order chi connectivity index (χ1) is 13.2. The lowest BCUT2D eigenvalue weighted by atomic mass is 9.96. The minimum atomic E-state index is -1.20. The van der Waals surface area contributed by atoms with Gasteiger partial charge in [0.2, 0.25) is 5.88 Å². The van der Waals surface area contributed by atoms with Crippen molar-refractivity contribution < 1.29 is 9.84 Å². The number of hydrogen-bond donors (Lipinski definition) is 1. The molecule has 1 N–H and O–H groups in total. The van der Waals surface area contributed by atoms with Gasteiger partial charge in [-0.3, -0.25) is 0 Å². The van der Waals surface area contributed by atoms with E-state index >= 15 is 0 Å². The highest BCUT2D eigenvalue weighted by Gasteiger charge is 2.34. The Balaban J connectivity index is 1.55. The summed E-state index contributed by atoms with van der Waals surface area (Å²) in [6, 6.07) is 20.0. The van der Waals surface area contributed by atoms with Crippen LogP contribution in [-0.2, 0) is 12.2 Å². The van der Waals surface area contributed by atoms with E-state index in [-0.39, 0.29) is 0 Å². The molecular formula is C22H20N2O2S. The van der Waals surface area contributed by atoms with Gasteiger partial charge in [0.25, 0.3) is 0 Å². The molecule has 0 aliphatic heterocycles. The van der Waals surface area contributed by atoms with Crippen LogP contribution >= 0.6 is 11.3 Å². The molecule has 0 aliphatic rings. The Bertz CT molecular complexity index is 1050. The van der Waals surface area contributed by atoms with Crippen LogP contribution in [0.2, 0.25) is 0 Å². The first-order valence-corrected chi connectivity index (χ1v) is 9.77. The molecule has 2 aromatic carbocycles. The van der Waals surface area contributed by atoms with Crippen LogP contribution in [0.4, 0.5) is 0 Å². The van der Waals surface area contributed by atoms with Crippen molar-refractivity contribution in [2.24, 2.45) is 0 Å². The van der Waals surface area contributed by atoms with E-state index in [4.69, 9.17) is 4.74 Å². The van der Waals surface area contributed by atoms with E-state index < -0.39 is 5.60 Å². The number of nitrogens with zero attached hydrogens (tertiary/aromatic N) is 2. The molecule has 2 heterocycles. The second kappa shape index (κ2) is 7.47. The molecule has 4 rings (SSSR count). The van der Waals surface area contributed by atoms with Crippen LogP contribution in [0.5, 0.6) is 5.88 Å². The fourth-order valence-electron chi connectivity index (χ4n) is 3.08. The molecule has 136 valence electrons. The fourth-order valence-corrected chi connectivity index (χ4v) is 3.90. The van der Waals surface area contributed by atoms with Crippen molar-refractivity contribution in [3.63, 3.8) is 0 Å². The van der Waals surface area contributed by atoms with Crippen LogP contribution in [0, 0.1) is 0 Å². The summed E-state index contributed by atoms with van der Waals surface area (Å²) >= 11 is 1.42. The summed E-state index contributed by atoms with van der Waals surface area (Å²) in [5, 5.41) is 16.0. The molecule has 0 aliphatic carbocycles. The summed E-state index contributed by atoms with van der Waals surface area (Å²) in [5.41, 5.74) is 0.429. The lowest BCUT2D eigenvalue weighted by molar-refractivity contribution is 0.0706. The van der Waals surface area contributed by atoms with Gasteiger partial charge >= 0.3 is 0 Å². The van der Waals surface area contributed by atoms with E-state index in [9.17, 15) is 5.11 Å². The number of ether oxygens (including phenoxy) is 1. The molecule has 0 amide bonds. The highest BCUT2D eigenvalue weighted by Crippen LogP contribution is 2.33. The summed E-state index contributed by atoms with van der Waals surface area (Å²) in [7, 11) is 0. The van der Waals surface area contributed by atoms with Crippen LogP contribution in [0.3, 0.4) is 0 Å². The van der Waals surface area contributed by atoms with Crippen LogP contribution in [0.25, 0.3) is 10.8 Å². The minimum absolute atomic E-state index is 0.420. The SMILES string of the molecule is CCC(O)(c1cccc(OCc2ccc3ccccc3c2)n1)c1nccs1. The predicted octanol–water partition coefficient (Wildman–Crippen LogP) is 4.92. The van der Waals surface area contributed by atoms with Gasteiger partial charge in [0.15, 0.2) is 5.60 Å². The van der Waals surface area contributed by atoms with Gasteiger partial charge in [-0.1, -0.05) is 49.4 Å². The van der Waals surface area contributed by atoms with E-state index in [1.807, 2.05) is 42.6 Å². The summed E-state index contributed by atoms with van der Waals surface area (Å²) in [6.07, 6.45) is 2.18. The summed E-state index contributed by atoms with van der Waals surface area (Å²) in [4.78, 5) is 8.82. The first-order valence-electron chi connectivity index (χ1n) is 8.89. The van der Waals surface area contributed by atoms with Crippen molar-refractivity contribution in [1.82, 2.24) is 9.97 Å². The summed E-state index contributed by atoms with van der Waals surface area (Å²) < 4.78 is 5.90. The molecule has 0 spiro atoms. The summed E-state index contributed by atoms with van der Waals surface area (Å²) in [5.74, 6) is 0.490. The van der Waals surface area contributed by atoms with Crippen LogP contribution in [0.15, 0.2) is 72.2 Å². The molecule has 1 atom stereocenters. The molecule has 0 fully saturated rings. The van der Waals surface area contributed by atoms with Gasteiger partial charge in [0.05, 0.1) is 5.69 Å². The van der Waals surface area contributed by atoms with E-state index in [0.717, 1.165) is 5.56 Å². The molecule has 2 aromatic heterocycles. The average Bonchev–Trinajstić information content (AvgIpc) is 3.27. The van der Waals surface area contributed by atoms with Gasteiger partial charge in [0.1, 0.15) is 11.6 Å². The van der Waals surface area contributed by atoms with Gasteiger partial charge in [-0.05, 0) is 34.9 Å². The van der Waals surface area contributed by atoms with Crippen molar-refractivity contribution in [3.05, 3.63) is 88.5 Å². The van der Waals surface area contributed by atoms with Crippen LogP contribution in [0.1, 0.15) is 29.6 Å². The van der Waals surface area contributed by atoms with Crippen molar-refractivity contribution in [1.29, 1.82) is 0 Å². The Labute approximate surface area is 162 Å². The third-order valence-electron chi connectivity index (χ3n) is 4.65. The van der Waals surface area contributed by atoms with Crippen molar-refractivity contribution >= 4 is 22.1 Å². The number of aliphatic hydroxyl groups is 1. The van der Waals surface area contributed by atoms with Gasteiger partial charge in [-0.25, -0.2) is 9.97 Å². The van der Waals surface area contributed by atoms with Crippen molar-refractivity contribution in [2.75, 3.05) is 0 Å². The molecule has 0 bridgehead atoms. The number of aromatic nitrogens is 2. The number of fused-ring (bicyclic) bond motifs is 1. The third kappa shape index (κ3) is 3.56. The third-order valence-corrected chi connectivity index (χ3v) is 5.57. The zero-order valence-electron chi connectivity index (χ0n) is 15.0. The Hall–Kier alpha value is -2.76. The Morgan fingerprint density at radius 1 is 1.04 bits per heavy atom. The molecular weight excluding hydrogens is 356 g/mol. The quantitative estimate of drug-likeness (QED) is 0.519. The van der Waals surface area contributed by atoms with Crippen molar-refractivity contribution in [2.45, 2.75) is 25.6 Å². The monoisotopic (exact) mass is 376 g/mol. The van der Waals surface area contributed by atoms with Crippen LogP contribution < -0.4 is 4.74 Å². The average molecular weight is 376 g/mol. The Morgan fingerprint density at radius 3 is 2.67 bits per heavy atom. The number of hydrogen-bond acceptors (Lipinski definition) is 5. The fraction of sp³-hybridized carbons (Fsp3) is 0.182. The molecule has 4 nitrogen and oxygen atoms in total. The van der Waals surface area contributed by atoms with Gasteiger partial charge in [-0.2, -0.15) is 0 Å². The van der Waals surface area contributed by atoms with Gasteiger partial charge in [0, 0.05) is 17.6 Å². The standard InChI is InChI=1S/C22H20N2O2S/c1-2-22(25,21-23-12-13-27-21)19-8-5-9-20(24-19)26-15-16-10-11-17-6-3-4-7-18(17)14-16/h3-14,25H,2,15H2,1H3.